The lowest BCUT2D eigenvalue weighted by Crippen LogP contribution is -2.07. The van der Waals surface area contributed by atoms with E-state index in [1.165, 1.54) is 30.0 Å². The van der Waals surface area contributed by atoms with Crippen molar-refractivity contribution in [3.8, 4) is 0 Å². The fourth-order valence-electron chi connectivity index (χ4n) is 2.78. The van der Waals surface area contributed by atoms with E-state index in [4.69, 9.17) is 0 Å². The smallest absolute Gasteiger partial charge is 0.193 e. The van der Waals surface area contributed by atoms with Crippen molar-refractivity contribution in [1.82, 2.24) is 0 Å². The Morgan fingerprint density at radius 2 is 1.60 bits per heavy atom. The molecule has 1 nitrogen and oxygen atoms in total. The first kappa shape index (κ1) is 13.0. The number of hydrogen-bond acceptors (Lipinski definition) is 1. The van der Waals surface area contributed by atoms with Crippen molar-refractivity contribution in [2.24, 2.45) is 0 Å². The van der Waals surface area contributed by atoms with Crippen molar-refractivity contribution >= 4 is 5.78 Å². The van der Waals surface area contributed by atoms with Gasteiger partial charge in [0, 0.05) is 11.1 Å². The van der Waals surface area contributed by atoms with E-state index in [0.29, 0.717) is 16.7 Å². The minimum atomic E-state index is -0.325. The first-order valence-corrected chi connectivity index (χ1v) is 7.08. The first-order valence-electron chi connectivity index (χ1n) is 7.08. The maximum absolute atomic E-state index is 13.6. The highest BCUT2D eigenvalue weighted by Gasteiger charge is 2.15. The number of hydrogen-bond donors (Lipinski definition) is 0. The maximum atomic E-state index is 13.6. The Balaban J connectivity index is 1.95. The van der Waals surface area contributed by atoms with Crippen LogP contribution in [0.25, 0.3) is 0 Å². The lowest BCUT2D eigenvalue weighted by Gasteiger charge is -2.16. The summed E-state index contributed by atoms with van der Waals surface area (Å²) < 4.78 is 13.6. The Morgan fingerprint density at radius 3 is 2.35 bits per heavy atom. The summed E-state index contributed by atoms with van der Waals surface area (Å²) in [6.45, 7) is 1.70. The molecule has 0 spiro atoms. The molecule has 0 saturated carbocycles. The molecule has 0 saturated heterocycles. The van der Waals surface area contributed by atoms with Gasteiger partial charge in [-0.2, -0.15) is 0 Å². The average molecular weight is 268 g/mol. The van der Waals surface area contributed by atoms with Crippen LogP contribution in [0.4, 0.5) is 4.39 Å². The zero-order valence-electron chi connectivity index (χ0n) is 11.6. The molecule has 2 aromatic carbocycles. The third-order valence-corrected chi connectivity index (χ3v) is 4.04. The van der Waals surface area contributed by atoms with Crippen LogP contribution < -0.4 is 0 Å². The van der Waals surface area contributed by atoms with E-state index in [1.54, 1.807) is 19.1 Å². The van der Waals surface area contributed by atoms with Crippen LogP contribution in [0.1, 0.15) is 45.5 Å². The summed E-state index contributed by atoms with van der Waals surface area (Å²) in [4.78, 5) is 12.4. The fourth-order valence-corrected chi connectivity index (χ4v) is 2.78. The van der Waals surface area contributed by atoms with Crippen LogP contribution in [0.15, 0.2) is 36.4 Å². The SMILES string of the molecule is Cc1ccc(C(=O)c2ccc3c(c2)CCCC3)cc1F. The van der Waals surface area contributed by atoms with Crippen molar-refractivity contribution in [1.29, 1.82) is 0 Å². The van der Waals surface area contributed by atoms with E-state index in [1.807, 2.05) is 18.2 Å². The van der Waals surface area contributed by atoms with Crippen LogP contribution in [0.2, 0.25) is 0 Å². The van der Waals surface area contributed by atoms with Gasteiger partial charge < -0.3 is 0 Å². The molecule has 0 fully saturated rings. The number of ketones is 1. The van der Waals surface area contributed by atoms with Crippen LogP contribution in [0.5, 0.6) is 0 Å². The number of halogens is 1. The Bertz CT molecular complexity index is 673. The van der Waals surface area contributed by atoms with Gasteiger partial charge in [-0.25, -0.2) is 4.39 Å². The second-order valence-corrected chi connectivity index (χ2v) is 5.48. The number of carbonyl (C=O) groups excluding carboxylic acids is 1. The van der Waals surface area contributed by atoms with E-state index >= 15 is 0 Å². The Labute approximate surface area is 118 Å². The normalized spacial score (nSPS) is 13.9. The highest BCUT2D eigenvalue weighted by atomic mass is 19.1. The van der Waals surface area contributed by atoms with Gasteiger partial charge in [-0.05, 0) is 61.4 Å². The lowest BCUT2D eigenvalue weighted by molar-refractivity contribution is 0.103. The molecule has 1 aliphatic carbocycles. The molecule has 0 radical (unpaired) electrons. The molecular formula is C18H17FO. The minimum Gasteiger partial charge on any atom is -0.289 e. The van der Waals surface area contributed by atoms with Gasteiger partial charge in [0.05, 0.1) is 0 Å². The standard InChI is InChI=1S/C18H17FO/c1-12-6-7-16(11-17(12)19)18(20)15-9-8-13-4-2-3-5-14(13)10-15/h6-11H,2-5H2,1H3. The third-order valence-electron chi connectivity index (χ3n) is 4.04. The Hall–Kier alpha value is -1.96. The number of carbonyl (C=O) groups is 1. The van der Waals surface area contributed by atoms with Gasteiger partial charge in [0.1, 0.15) is 5.82 Å². The van der Waals surface area contributed by atoms with E-state index in [0.717, 1.165) is 12.8 Å². The summed E-state index contributed by atoms with van der Waals surface area (Å²) in [7, 11) is 0. The summed E-state index contributed by atoms with van der Waals surface area (Å²) in [5, 5.41) is 0. The molecule has 2 heteroatoms. The topological polar surface area (TPSA) is 17.1 Å². The quantitative estimate of drug-likeness (QED) is 0.744. The number of fused-ring (bicyclic) bond motifs is 1. The molecule has 0 N–H and O–H groups in total. The molecular weight excluding hydrogens is 251 g/mol. The minimum absolute atomic E-state index is 0.0997. The van der Waals surface area contributed by atoms with Crippen LogP contribution in [0, 0.1) is 12.7 Å². The summed E-state index contributed by atoms with van der Waals surface area (Å²) in [5.74, 6) is -0.425. The largest absolute Gasteiger partial charge is 0.289 e. The number of benzene rings is 2. The molecule has 0 heterocycles. The van der Waals surface area contributed by atoms with Crippen molar-refractivity contribution < 1.29 is 9.18 Å². The van der Waals surface area contributed by atoms with Crippen LogP contribution >= 0.6 is 0 Å². The molecule has 0 unspecified atom stereocenters. The van der Waals surface area contributed by atoms with Gasteiger partial charge in [-0.15, -0.1) is 0 Å². The molecule has 20 heavy (non-hydrogen) atoms. The van der Waals surface area contributed by atoms with E-state index in [9.17, 15) is 9.18 Å². The lowest BCUT2D eigenvalue weighted by atomic mass is 9.89. The van der Waals surface area contributed by atoms with Crippen molar-refractivity contribution in [3.63, 3.8) is 0 Å². The van der Waals surface area contributed by atoms with Crippen molar-refractivity contribution in [2.45, 2.75) is 32.6 Å². The van der Waals surface area contributed by atoms with Gasteiger partial charge >= 0.3 is 0 Å². The summed E-state index contributed by atoms with van der Waals surface area (Å²) in [5.41, 5.74) is 4.27. The predicted octanol–water partition coefficient (Wildman–Crippen LogP) is 4.24. The molecule has 0 aliphatic heterocycles. The predicted molar refractivity (Wildman–Crippen MR) is 77.7 cm³/mol. The molecule has 2 aromatic rings. The van der Waals surface area contributed by atoms with Crippen molar-refractivity contribution in [2.75, 3.05) is 0 Å². The zero-order valence-corrected chi connectivity index (χ0v) is 11.6. The fraction of sp³-hybridized carbons (Fsp3) is 0.278. The Kier molecular flexibility index (Phi) is 3.39. The number of rotatable bonds is 2. The van der Waals surface area contributed by atoms with E-state index in [2.05, 4.69) is 0 Å². The van der Waals surface area contributed by atoms with Crippen LogP contribution in [-0.2, 0) is 12.8 Å². The third kappa shape index (κ3) is 2.38. The van der Waals surface area contributed by atoms with E-state index < -0.39 is 0 Å². The van der Waals surface area contributed by atoms with Crippen molar-refractivity contribution in [3.05, 3.63) is 70.0 Å². The molecule has 3 rings (SSSR count). The monoisotopic (exact) mass is 268 g/mol. The summed E-state index contributed by atoms with van der Waals surface area (Å²) >= 11 is 0. The Morgan fingerprint density at radius 1 is 0.950 bits per heavy atom. The van der Waals surface area contributed by atoms with Crippen LogP contribution in [0.3, 0.4) is 0 Å². The summed E-state index contributed by atoms with van der Waals surface area (Å²) in [6.07, 6.45) is 4.55. The molecule has 1 aliphatic rings. The highest BCUT2D eigenvalue weighted by molar-refractivity contribution is 6.09. The molecule has 0 bridgehead atoms. The second-order valence-electron chi connectivity index (χ2n) is 5.48. The zero-order chi connectivity index (χ0) is 14.1. The number of aryl methyl sites for hydroxylation is 3. The van der Waals surface area contributed by atoms with E-state index in [-0.39, 0.29) is 11.6 Å². The summed E-state index contributed by atoms with van der Waals surface area (Å²) in [6, 6.07) is 10.6. The van der Waals surface area contributed by atoms with Gasteiger partial charge in [0.15, 0.2) is 5.78 Å². The van der Waals surface area contributed by atoms with Gasteiger partial charge in [-0.1, -0.05) is 24.3 Å². The molecule has 0 amide bonds. The van der Waals surface area contributed by atoms with Gasteiger partial charge in [0.2, 0.25) is 0 Å². The van der Waals surface area contributed by atoms with Gasteiger partial charge in [-0.3, -0.25) is 4.79 Å². The van der Waals surface area contributed by atoms with Crippen LogP contribution in [-0.4, -0.2) is 5.78 Å². The molecule has 102 valence electrons. The average Bonchev–Trinajstić information content (AvgIpc) is 2.49. The second kappa shape index (κ2) is 5.20. The molecule has 0 aromatic heterocycles. The maximum Gasteiger partial charge on any atom is 0.193 e. The first-order chi connectivity index (χ1) is 9.65. The highest BCUT2D eigenvalue weighted by Crippen LogP contribution is 2.23. The van der Waals surface area contributed by atoms with Gasteiger partial charge in [0.25, 0.3) is 0 Å². The molecule has 0 atom stereocenters.